The summed E-state index contributed by atoms with van der Waals surface area (Å²) in [6.07, 6.45) is 0.694. The number of halogens is 2. The molecule has 1 aliphatic rings. The SMILES string of the molecule is Cc1cccc(C(=O)NC2CCN(C(=O)c3nc(Cl)sc3-c3ccccc3)C2)c1Br. The van der Waals surface area contributed by atoms with Gasteiger partial charge in [0.25, 0.3) is 11.8 Å². The first-order valence-corrected chi connectivity index (χ1v) is 11.5. The van der Waals surface area contributed by atoms with Gasteiger partial charge in [-0.15, -0.1) is 11.3 Å². The van der Waals surface area contributed by atoms with Crippen LogP contribution < -0.4 is 5.32 Å². The molecule has 30 heavy (non-hydrogen) atoms. The van der Waals surface area contributed by atoms with Crippen LogP contribution in [0.5, 0.6) is 0 Å². The number of carbonyl (C=O) groups excluding carboxylic acids is 2. The first-order chi connectivity index (χ1) is 14.4. The average molecular weight is 505 g/mol. The summed E-state index contributed by atoms with van der Waals surface area (Å²) >= 11 is 10.9. The third kappa shape index (κ3) is 4.29. The fraction of sp³-hybridized carbons (Fsp3) is 0.227. The Hall–Kier alpha value is -2.22. The topological polar surface area (TPSA) is 62.3 Å². The minimum Gasteiger partial charge on any atom is -0.347 e. The Morgan fingerprint density at radius 2 is 1.97 bits per heavy atom. The van der Waals surface area contributed by atoms with Crippen LogP contribution >= 0.6 is 38.9 Å². The normalized spacial score (nSPS) is 16.0. The highest BCUT2D eigenvalue weighted by molar-refractivity contribution is 9.10. The van der Waals surface area contributed by atoms with Gasteiger partial charge in [0.2, 0.25) is 0 Å². The molecule has 154 valence electrons. The number of nitrogens with zero attached hydrogens (tertiary/aromatic N) is 2. The van der Waals surface area contributed by atoms with Crippen molar-refractivity contribution in [3.63, 3.8) is 0 Å². The van der Waals surface area contributed by atoms with E-state index in [-0.39, 0.29) is 17.9 Å². The van der Waals surface area contributed by atoms with Crippen LogP contribution in [0.15, 0.2) is 53.0 Å². The summed E-state index contributed by atoms with van der Waals surface area (Å²) < 4.78 is 1.13. The molecule has 1 aliphatic heterocycles. The summed E-state index contributed by atoms with van der Waals surface area (Å²) in [6.45, 7) is 2.94. The second-order valence-corrected chi connectivity index (χ2v) is 9.53. The van der Waals surface area contributed by atoms with Crippen molar-refractivity contribution >= 4 is 50.7 Å². The molecule has 1 atom stereocenters. The molecule has 0 spiro atoms. The van der Waals surface area contributed by atoms with Crippen molar-refractivity contribution < 1.29 is 9.59 Å². The Morgan fingerprint density at radius 1 is 1.20 bits per heavy atom. The Bertz CT molecular complexity index is 1100. The minimum absolute atomic E-state index is 0.108. The highest BCUT2D eigenvalue weighted by atomic mass is 79.9. The molecule has 0 bridgehead atoms. The quantitative estimate of drug-likeness (QED) is 0.533. The van der Waals surface area contributed by atoms with Crippen molar-refractivity contribution in [1.82, 2.24) is 15.2 Å². The van der Waals surface area contributed by atoms with Crippen molar-refractivity contribution in [2.45, 2.75) is 19.4 Å². The number of hydrogen-bond acceptors (Lipinski definition) is 4. The number of amides is 2. The van der Waals surface area contributed by atoms with E-state index in [0.29, 0.717) is 35.2 Å². The van der Waals surface area contributed by atoms with Crippen LogP contribution in [-0.4, -0.2) is 40.8 Å². The number of aromatic nitrogens is 1. The van der Waals surface area contributed by atoms with Gasteiger partial charge in [-0.25, -0.2) is 4.98 Å². The Kier molecular flexibility index (Phi) is 6.22. The van der Waals surface area contributed by atoms with E-state index in [1.807, 2.05) is 49.4 Å². The number of hydrogen-bond donors (Lipinski definition) is 1. The fourth-order valence-electron chi connectivity index (χ4n) is 3.52. The van der Waals surface area contributed by atoms with Crippen molar-refractivity contribution in [1.29, 1.82) is 0 Å². The van der Waals surface area contributed by atoms with E-state index in [2.05, 4.69) is 26.2 Å². The van der Waals surface area contributed by atoms with Gasteiger partial charge in [0.1, 0.15) is 5.69 Å². The van der Waals surface area contributed by atoms with Crippen LogP contribution in [0.2, 0.25) is 4.47 Å². The molecule has 4 rings (SSSR count). The molecule has 1 unspecified atom stereocenters. The van der Waals surface area contributed by atoms with Gasteiger partial charge in [0.05, 0.1) is 10.4 Å². The number of thiazole rings is 1. The zero-order chi connectivity index (χ0) is 21.3. The first kappa shape index (κ1) is 21.0. The molecule has 2 heterocycles. The lowest BCUT2D eigenvalue weighted by Gasteiger charge is -2.17. The minimum atomic E-state index is -0.162. The number of nitrogens with one attached hydrogen (secondary N) is 1. The van der Waals surface area contributed by atoms with Crippen molar-refractivity contribution in [3.8, 4) is 10.4 Å². The largest absolute Gasteiger partial charge is 0.347 e. The lowest BCUT2D eigenvalue weighted by molar-refractivity contribution is 0.0779. The smallest absolute Gasteiger partial charge is 0.274 e. The van der Waals surface area contributed by atoms with Crippen molar-refractivity contribution in [2.24, 2.45) is 0 Å². The molecule has 1 N–H and O–H groups in total. The van der Waals surface area contributed by atoms with Crippen LogP contribution in [0.25, 0.3) is 10.4 Å². The van der Waals surface area contributed by atoms with Gasteiger partial charge >= 0.3 is 0 Å². The summed E-state index contributed by atoms with van der Waals surface area (Å²) in [5.74, 6) is -0.308. The van der Waals surface area contributed by atoms with Crippen LogP contribution in [0.4, 0.5) is 0 Å². The first-order valence-electron chi connectivity index (χ1n) is 9.51. The molecule has 8 heteroatoms. The zero-order valence-electron chi connectivity index (χ0n) is 16.2. The highest BCUT2D eigenvalue weighted by Gasteiger charge is 2.31. The monoisotopic (exact) mass is 503 g/mol. The molecule has 2 amide bonds. The molecule has 0 radical (unpaired) electrons. The van der Waals surface area contributed by atoms with Gasteiger partial charge < -0.3 is 10.2 Å². The number of aryl methyl sites for hydroxylation is 1. The van der Waals surface area contributed by atoms with E-state index in [1.165, 1.54) is 11.3 Å². The number of carbonyl (C=O) groups is 2. The van der Waals surface area contributed by atoms with E-state index in [4.69, 9.17) is 11.6 Å². The van der Waals surface area contributed by atoms with Crippen LogP contribution in [0.1, 0.15) is 32.8 Å². The molecule has 1 aromatic heterocycles. The zero-order valence-corrected chi connectivity index (χ0v) is 19.4. The van der Waals surface area contributed by atoms with E-state index in [1.54, 1.807) is 11.0 Å². The maximum atomic E-state index is 13.1. The molecule has 3 aromatic rings. The Labute approximate surface area is 192 Å². The maximum Gasteiger partial charge on any atom is 0.274 e. The fourth-order valence-corrected chi connectivity index (χ4v) is 5.07. The standard InChI is InChI=1S/C22H19BrClN3O2S/c1-13-6-5-9-16(17(13)23)20(28)25-15-10-11-27(12-15)21(29)18-19(30-22(24)26-18)14-7-3-2-4-8-14/h2-9,15H,10-12H2,1H3,(H,25,28). The number of likely N-dealkylation sites (tertiary alicyclic amines) is 1. The summed E-state index contributed by atoms with van der Waals surface area (Å²) in [5.41, 5.74) is 2.88. The van der Waals surface area contributed by atoms with Crippen LogP contribution in [0.3, 0.4) is 0 Å². The summed E-state index contributed by atoms with van der Waals surface area (Å²) in [5, 5.41) is 3.04. The van der Waals surface area contributed by atoms with Gasteiger partial charge in [-0.05, 0) is 46.5 Å². The van der Waals surface area contributed by atoms with E-state index < -0.39 is 0 Å². The molecule has 1 fully saturated rings. The molecule has 0 saturated carbocycles. The lowest BCUT2D eigenvalue weighted by Crippen LogP contribution is -2.38. The molecule has 0 aliphatic carbocycles. The van der Waals surface area contributed by atoms with Crippen LogP contribution in [-0.2, 0) is 0 Å². The van der Waals surface area contributed by atoms with Crippen LogP contribution in [0, 0.1) is 6.92 Å². The molecule has 2 aromatic carbocycles. The van der Waals surface area contributed by atoms with Crippen molar-refractivity contribution in [2.75, 3.05) is 13.1 Å². The second kappa shape index (κ2) is 8.88. The third-order valence-corrected chi connectivity index (χ3v) is 7.35. The molecule has 5 nitrogen and oxygen atoms in total. The van der Waals surface area contributed by atoms with Gasteiger partial charge in [0.15, 0.2) is 4.47 Å². The van der Waals surface area contributed by atoms with Gasteiger partial charge in [-0.1, -0.05) is 54.1 Å². The Morgan fingerprint density at radius 3 is 2.73 bits per heavy atom. The van der Waals surface area contributed by atoms with E-state index >= 15 is 0 Å². The number of benzene rings is 2. The second-order valence-electron chi connectivity index (χ2n) is 7.16. The summed E-state index contributed by atoms with van der Waals surface area (Å²) in [7, 11) is 0. The summed E-state index contributed by atoms with van der Waals surface area (Å²) in [6, 6.07) is 15.1. The lowest BCUT2D eigenvalue weighted by atomic mass is 10.1. The van der Waals surface area contributed by atoms with Crippen molar-refractivity contribution in [3.05, 3.63) is 74.3 Å². The summed E-state index contributed by atoms with van der Waals surface area (Å²) in [4.78, 5) is 32.6. The predicted octanol–water partition coefficient (Wildman–Crippen LogP) is 5.18. The molecular formula is C22H19BrClN3O2S. The average Bonchev–Trinajstić information content (AvgIpc) is 3.37. The predicted molar refractivity (Wildman–Crippen MR) is 123 cm³/mol. The van der Waals surface area contributed by atoms with Gasteiger partial charge in [-0.2, -0.15) is 0 Å². The van der Waals surface area contributed by atoms with E-state index in [9.17, 15) is 9.59 Å². The molecule has 1 saturated heterocycles. The highest BCUT2D eigenvalue weighted by Crippen LogP contribution is 2.34. The van der Waals surface area contributed by atoms with Gasteiger partial charge in [-0.3, -0.25) is 9.59 Å². The number of rotatable bonds is 4. The van der Waals surface area contributed by atoms with E-state index in [0.717, 1.165) is 20.5 Å². The van der Waals surface area contributed by atoms with Gasteiger partial charge in [0, 0.05) is 23.6 Å². The maximum absolute atomic E-state index is 13.1. The third-order valence-electron chi connectivity index (χ3n) is 5.09. The Balaban J connectivity index is 1.47. The molecular weight excluding hydrogens is 486 g/mol.